The molecule has 1 unspecified atom stereocenters. The van der Waals surface area contributed by atoms with Crippen LogP contribution in [-0.4, -0.2) is 53.6 Å². The highest BCUT2D eigenvalue weighted by Gasteiger charge is 2.30. The lowest BCUT2D eigenvalue weighted by atomic mass is 9.96. The summed E-state index contributed by atoms with van der Waals surface area (Å²) < 4.78 is 0. The normalized spacial score (nSPS) is 13.2. The van der Waals surface area contributed by atoms with Gasteiger partial charge in [0.1, 0.15) is 0 Å². The van der Waals surface area contributed by atoms with Crippen molar-refractivity contribution in [1.82, 2.24) is 10.2 Å². The predicted octanol–water partition coefficient (Wildman–Crippen LogP) is 1.49. The smallest absolute Gasteiger partial charge is 0.407 e. The van der Waals surface area contributed by atoms with E-state index in [4.69, 9.17) is 11.5 Å². The number of primary amides is 1. The van der Waals surface area contributed by atoms with E-state index in [9.17, 15) is 19.5 Å². The first-order valence-corrected chi connectivity index (χ1v) is 9.86. The molecule has 2 aromatic rings. The molecule has 158 valence electrons. The molecule has 8 nitrogen and oxygen atoms in total. The summed E-state index contributed by atoms with van der Waals surface area (Å²) in [7, 11) is 0. The highest BCUT2D eigenvalue weighted by atomic mass is 16.4. The van der Waals surface area contributed by atoms with Crippen molar-refractivity contribution in [1.29, 1.82) is 0 Å². The quantitative estimate of drug-likeness (QED) is 0.496. The lowest BCUT2D eigenvalue weighted by Crippen LogP contribution is -2.44. The fraction of sp³-hybridized carbons (Fsp3) is 0.318. The number of rotatable bonds is 9. The number of hydrogen-bond donors (Lipinski definition) is 4. The van der Waals surface area contributed by atoms with Gasteiger partial charge in [-0.25, -0.2) is 4.79 Å². The number of nitrogens with one attached hydrogen (secondary N) is 1. The predicted molar refractivity (Wildman–Crippen MR) is 113 cm³/mol. The van der Waals surface area contributed by atoms with Crippen molar-refractivity contribution in [3.8, 4) is 11.1 Å². The summed E-state index contributed by atoms with van der Waals surface area (Å²) in [6.07, 6.45) is -0.289. The van der Waals surface area contributed by atoms with Gasteiger partial charge in [-0.15, -0.1) is 0 Å². The molecule has 0 saturated carbocycles. The molecule has 30 heavy (non-hydrogen) atoms. The van der Waals surface area contributed by atoms with Gasteiger partial charge in [0.2, 0.25) is 11.8 Å². The average Bonchev–Trinajstić information content (AvgIpc) is 3.05. The maximum atomic E-state index is 11.9. The first-order chi connectivity index (χ1) is 14.4. The minimum atomic E-state index is -1.01. The molecule has 0 heterocycles. The number of hydrogen-bond acceptors (Lipinski definition) is 4. The summed E-state index contributed by atoms with van der Waals surface area (Å²) in [5, 5.41) is 12.1. The largest absolute Gasteiger partial charge is 0.465 e. The van der Waals surface area contributed by atoms with Gasteiger partial charge >= 0.3 is 6.09 Å². The summed E-state index contributed by atoms with van der Waals surface area (Å²) in [4.78, 5) is 35.8. The maximum absolute atomic E-state index is 11.9. The number of carbonyl (C=O) groups is 3. The third-order valence-corrected chi connectivity index (χ3v) is 5.35. The van der Waals surface area contributed by atoms with Crippen LogP contribution in [0.3, 0.4) is 0 Å². The van der Waals surface area contributed by atoms with Crippen LogP contribution in [0, 0.1) is 0 Å². The van der Waals surface area contributed by atoms with Gasteiger partial charge in [0.05, 0.1) is 12.6 Å². The molecule has 6 N–H and O–H groups in total. The van der Waals surface area contributed by atoms with E-state index in [0.29, 0.717) is 19.4 Å². The number of nitrogens with two attached hydrogens (primary N) is 2. The molecule has 0 bridgehead atoms. The van der Waals surface area contributed by atoms with Gasteiger partial charge in [0.25, 0.3) is 0 Å². The second-order valence-electron chi connectivity index (χ2n) is 7.39. The minimum absolute atomic E-state index is 0.0407. The Balaban J connectivity index is 1.63. The maximum Gasteiger partial charge on any atom is 0.407 e. The molecule has 0 fully saturated rings. The van der Waals surface area contributed by atoms with Crippen LogP contribution >= 0.6 is 0 Å². The first-order valence-electron chi connectivity index (χ1n) is 9.86. The first kappa shape index (κ1) is 21.3. The van der Waals surface area contributed by atoms with E-state index in [0.717, 1.165) is 22.3 Å². The average molecular weight is 410 g/mol. The van der Waals surface area contributed by atoms with Gasteiger partial charge < -0.3 is 26.8 Å². The molecule has 8 heteroatoms. The lowest BCUT2D eigenvalue weighted by molar-refractivity contribution is -0.125. The molecular formula is C22H26N4O4. The highest BCUT2D eigenvalue weighted by molar-refractivity contribution is 5.86. The Kier molecular flexibility index (Phi) is 6.68. The molecule has 3 amide bonds. The Bertz CT molecular complexity index is 901. The number of carbonyl (C=O) groups excluding carboxylic acids is 2. The van der Waals surface area contributed by atoms with E-state index in [2.05, 4.69) is 17.4 Å². The van der Waals surface area contributed by atoms with Gasteiger partial charge in [0.15, 0.2) is 0 Å². The molecule has 0 radical (unpaired) electrons. The third kappa shape index (κ3) is 4.77. The van der Waals surface area contributed by atoms with Gasteiger partial charge in [-0.3, -0.25) is 9.59 Å². The molecule has 1 aliphatic rings. The number of benzene rings is 2. The summed E-state index contributed by atoms with van der Waals surface area (Å²) in [5.74, 6) is -1.17. The van der Waals surface area contributed by atoms with Gasteiger partial charge in [-0.05, 0) is 35.1 Å². The van der Waals surface area contributed by atoms with Crippen molar-refractivity contribution >= 4 is 17.9 Å². The number of nitrogens with zero attached hydrogens (tertiary/aromatic N) is 1. The van der Waals surface area contributed by atoms with Gasteiger partial charge in [-0.1, -0.05) is 48.5 Å². The van der Waals surface area contributed by atoms with Crippen molar-refractivity contribution < 1.29 is 19.5 Å². The third-order valence-electron chi connectivity index (χ3n) is 5.35. The molecule has 3 rings (SSSR count). The van der Waals surface area contributed by atoms with Crippen molar-refractivity contribution in [2.45, 2.75) is 24.8 Å². The molecule has 0 spiro atoms. The Morgan fingerprint density at radius 1 is 1.03 bits per heavy atom. The van der Waals surface area contributed by atoms with E-state index in [1.807, 2.05) is 36.4 Å². The Morgan fingerprint density at radius 2 is 1.60 bits per heavy atom. The highest BCUT2D eigenvalue weighted by Crippen LogP contribution is 2.44. The van der Waals surface area contributed by atoms with Crippen LogP contribution in [0.4, 0.5) is 4.79 Å². The van der Waals surface area contributed by atoms with E-state index in [1.165, 1.54) is 4.90 Å². The molecule has 0 aromatic heterocycles. The zero-order chi connectivity index (χ0) is 21.7. The molecule has 2 aromatic carbocycles. The second-order valence-corrected chi connectivity index (χ2v) is 7.39. The monoisotopic (exact) mass is 410 g/mol. The SMILES string of the molecule is NC(=O)CNC(=O)C(N)CCCN(CC1c2ccccc2-c2ccccc21)C(=O)O. The fourth-order valence-corrected chi connectivity index (χ4v) is 3.88. The summed E-state index contributed by atoms with van der Waals surface area (Å²) in [6, 6.07) is 15.3. The molecule has 1 atom stereocenters. The van der Waals surface area contributed by atoms with Crippen LogP contribution in [0.25, 0.3) is 11.1 Å². The minimum Gasteiger partial charge on any atom is -0.465 e. The number of fused-ring (bicyclic) bond motifs is 3. The topological polar surface area (TPSA) is 139 Å². The van der Waals surface area contributed by atoms with Crippen molar-refractivity contribution in [3.63, 3.8) is 0 Å². The van der Waals surface area contributed by atoms with Crippen LogP contribution in [-0.2, 0) is 9.59 Å². The zero-order valence-electron chi connectivity index (χ0n) is 16.6. The van der Waals surface area contributed by atoms with Crippen LogP contribution in [0.1, 0.15) is 29.9 Å². The molecule has 0 saturated heterocycles. The van der Waals surface area contributed by atoms with Crippen molar-refractivity contribution in [3.05, 3.63) is 59.7 Å². The number of amides is 3. The molecular weight excluding hydrogens is 384 g/mol. The van der Waals surface area contributed by atoms with Crippen LogP contribution in [0.5, 0.6) is 0 Å². The lowest BCUT2D eigenvalue weighted by Gasteiger charge is -2.24. The molecule has 0 aliphatic heterocycles. The van der Waals surface area contributed by atoms with E-state index in [-0.39, 0.29) is 19.0 Å². The summed E-state index contributed by atoms with van der Waals surface area (Å²) in [6.45, 7) is 0.313. The summed E-state index contributed by atoms with van der Waals surface area (Å²) in [5.41, 5.74) is 15.3. The van der Waals surface area contributed by atoms with Crippen LogP contribution in [0.2, 0.25) is 0 Å². The van der Waals surface area contributed by atoms with Crippen LogP contribution in [0.15, 0.2) is 48.5 Å². The Labute approximate surface area is 174 Å². The second kappa shape index (κ2) is 9.41. The van der Waals surface area contributed by atoms with E-state index >= 15 is 0 Å². The Hall–Kier alpha value is -3.39. The van der Waals surface area contributed by atoms with Crippen molar-refractivity contribution in [2.75, 3.05) is 19.6 Å². The van der Waals surface area contributed by atoms with Gasteiger partial charge in [0, 0.05) is 19.0 Å². The van der Waals surface area contributed by atoms with Crippen LogP contribution < -0.4 is 16.8 Å². The Morgan fingerprint density at radius 3 is 2.13 bits per heavy atom. The van der Waals surface area contributed by atoms with Gasteiger partial charge in [-0.2, -0.15) is 0 Å². The summed E-state index contributed by atoms with van der Waals surface area (Å²) >= 11 is 0. The number of carboxylic acid groups (broad SMARTS) is 1. The molecule has 1 aliphatic carbocycles. The van der Waals surface area contributed by atoms with E-state index < -0.39 is 23.9 Å². The standard InChI is InChI=1S/C22H26N4O4/c23-19(21(28)25-12-20(24)27)10-5-11-26(22(29)30)13-18-16-8-3-1-6-14(16)15-7-2-4-9-17(15)18/h1-4,6-9,18-19H,5,10-13,23H2,(H2,24,27)(H,25,28)(H,29,30). The van der Waals surface area contributed by atoms with E-state index in [1.54, 1.807) is 0 Å². The van der Waals surface area contributed by atoms with Crippen molar-refractivity contribution in [2.24, 2.45) is 11.5 Å². The zero-order valence-corrected chi connectivity index (χ0v) is 16.6. The fourth-order valence-electron chi connectivity index (χ4n) is 3.88.